The first kappa shape index (κ1) is 23.0. The number of hydrogen-bond acceptors (Lipinski definition) is 5. The van der Waals surface area contributed by atoms with Crippen LogP contribution in [0.15, 0.2) is 73.1 Å². The lowest BCUT2D eigenvalue weighted by molar-refractivity contribution is 0.0715. The normalized spacial score (nSPS) is 14.3. The fourth-order valence-electron chi connectivity index (χ4n) is 5.37. The van der Waals surface area contributed by atoms with Crippen LogP contribution in [0.25, 0.3) is 33.2 Å². The minimum atomic E-state index is 0.0411. The Morgan fingerprint density at radius 2 is 1.73 bits per heavy atom. The number of amides is 1. The fraction of sp³-hybridized carbons (Fsp3) is 0.233. The van der Waals surface area contributed by atoms with E-state index in [1.807, 2.05) is 59.5 Å². The topological polar surface area (TPSA) is 80.3 Å². The Morgan fingerprint density at radius 1 is 0.946 bits per heavy atom. The number of para-hydroxylation sites is 1. The minimum Gasteiger partial charge on any atom is -0.493 e. The Balaban J connectivity index is 1.30. The molecule has 1 fully saturated rings. The van der Waals surface area contributed by atoms with Crippen molar-refractivity contribution >= 4 is 27.8 Å². The van der Waals surface area contributed by atoms with E-state index in [0.29, 0.717) is 36.1 Å². The van der Waals surface area contributed by atoms with Gasteiger partial charge in [-0.3, -0.25) is 4.79 Å². The van der Waals surface area contributed by atoms with Crippen molar-refractivity contribution in [2.24, 2.45) is 0 Å². The molecule has 186 valence electrons. The van der Waals surface area contributed by atoms with Gasteiger partial charge in [0.2, 0.25) is 0 Å². The molecule has 2 aromatic carbocycles. The number of aromatic amines is 1. The van der Waals surface area contributed by atoms with Crippen molar-refractivity contribution in [3.8, 4) is 22.8 Å². The molecule has 0 unspecified atom stereocenters. The number of likely N-dealkylation sites (tertiary alicyclic amines) is 1. The average molecular weight is 493 g/mol. The van der Waals surface area contributed by atoms with Gasteiger partial charge in [-0.1, -0.05) is 18.2 Å². The van der Waals surface area contributed by atoms with Crippen LogP contribution in [0.1, 0.15) is 34.7 Å². The van der Waals surface area contributed by atoms with Crippen molar-refractivity contribution in [2.75, 3.05) is 27.3 Å². The van der Waals surface area contributed by atoms with Gasteiger partial charge >= 0.3 is 0 Å². The van der Waals surface area contributed by atoms with E-state index in [9.17, 15) is 4.79 Å². The maximum absolute atomic E-state index is 13.9. The summed E-state index contributed by atoms with van der Waals surface area (Å²) in [6, 6.07) is 19.5. The molecule has 7 heteroatoms. The largest absolute Gasteiger partial charge is 0.493 e. The van der Waals surface area contributed by atoms with Crippen molar-refractivity contribution in [3.05, 3.63) is 84.2 Å². The second-order valence-corrected chi connectivity index (χ2v) is 9.35. The molecule has 0 radical (unpaired) electrons. The molecule has 37 heavy (non-hydrogen) atoms. The lowest BCUT2D eigenvalue weighted by atomic mass is 9.89. The summed E-state index contributed by atoms with van der Waals surface area (Å²) in [6.07, 6.45) is 5.71. The van der Waals surface area contributed by atoms with E-state index in [1.54, 1.807) is 20.4 Å². The Hall–Kier alpha value is -4.39. The number of methoxy groups -OCH3 is 2. The first-order chi connectivity index (χ1) is 18.2. The highest BCUT2D eigenvalue weighted by atomic mass is 16.5. The van der Waals surface area contributed by atoms with Crippen molar-refractivity contribution in [2.45, 2.75) is 18.8 Å². The molecule has 7 nitrogen and oxygen atoms in total. The Kier molecular flexibility index (Phi) is 5.96. The van der Waals surface area contributed by atoms with Crippen molar-refractivity contribution in [1.82, 2.24) is 19.9 Å². The van der Waals surface area contributed by atoms with Gasteiger partial charge in [-0.15, -0.1) is 0 Å². The van der Waals surface area contributed by atoms with Gasteiger partial charge in [-0.25, -0.2) is 9.97 Å². The van der Waals surface area contributed by atoms with Gasteiger partial charge in [0.1, 0.15) is 5.65 Å². The van der Waals surface area contributed by atoms with Crippen molar-refractivity contribution in [1.29, 1.82) is 0 Å². The second-order valence-electron chi connectivity index (χ2n) is 9.35. The van der Waals surface area contributed by atoms with Gasteiger partial charge in [-0.05, 0) is 66.8 Å². The van der Waals surface area contributed by atoms with Crippen LogP contribution in [0.2, 0.25) is 0 Å². The molecule has 1 saturated heterocycles. The summed E-state index contributed by atoms with van der Waals surface area (Å²) in [4.78, 5) is 28.4. The molecule has 0 spiro atoms. The monoisotopic (exact) mass is 492 g/mol. The van der Waals surface area contributed by atoms with Crippen molar-refractivity contribution in [3.63, 3.8) is 0 Å². The maximum Gasteiger partial charge on any atom is 0.254 e. The zero-order valence-electron chi connectivity index (χ0n) is 20.9. The highest BCUT2D eigenvalue weighted by Gasteiger charge is 2.27. The van der Waals surface area contributed by atoms with E-state index >= 15 is 0 Å². The van der Waals surface area contributed by atoms with Crippen LogP contribution in [-0.2, 0) is 0 Å². The second kappa shape index (κ2) is 9.58. The molecule has 0 bridgehead atoms. The molecule has 1 N–H and O–H groups in total. The number of hydrogen-bond donors (Lipinski definition) is 1. The number of piperidine rings is 1. The van der Waals surface area contributed by atoms with Gasteiger partial charge in [0.15, 0.2) is 11.5 Å². The molecule has 0 aliphatic carbocycles. The Morgan fingerprint density at radius 3 is 2.54 bits per heavy atom. The van der Waals surface area contributed by atoms with Crippen molar-refractivity contribution < 1.29 is 14.3 Å². The quantitative estimate of drug-likeness (QED) is 0.335. The molecule has 6 rings (SSSR count). The van der Waals surface area contributed by atoms with Crippen LogP contribution < -0.4 is 9.47 Å². The number of fused-ring (bicyclic) bond motifs is 2. The SMILES string of the molecule is COc1ccc(-c2cc(C(=O)N3CCC(c4c[nH]c5ncccc45)CC3)c3ccccc3n2)cc1OC. The zero-order valence-corrected chi connectivity index (χ0v) is 20.9. The highest BCUT2D eigenvalue weighted by Crippen LogP contribution is 2.35. The molecule has 1 aliphatic heterocycles. The first-order valence-electron chi connectivity index (χ1n) is 12.5. The number of pyridine rings is 2. The molecule has 0 atom stereocenters. The predicted molar refractivity (Wildman–Crippen MR) is 144 cm³/mol. The summed E-state index contributed by atoms with van der Waals surface area (Å²) in [6.45, 7) is 1.41. The Labute approximate surface area is 215 Å². The third-order valence-electron chi connectivity index (χ3n) is 7.33. The minimum absolute atomic E-state index is 0.0411. The fourth-order valence-corrected chi connectivity index (χ4v) is 5.37. The van der Waals surface area contributed by atoms with E-state index in [4.69, 9.17) is 14.5 Å². The third-order valence-corrected chi connectivity index (χ3v) is 7.33. The van der Waals surface area contributed by atoms with Gasteiger partial charge < -0.3 is 19.4 Å². The van der Waals surface area contributed by atoms with E-state index in [1.165, 1.54) is 10.9 Å². The lowest BCUT2D eigenvalue weighted by Crippen LogP contribution is -2.38. The summed E-state index contributed by atoms with van der Waals surface area (Å²) < 4.78 is 10.9. The summed E-state index contributed by atoms with van der Waals surface area (Å²) in [7, 11) is 3.22. The average Bonchev–Trinajstić information content (AvgIpc) is 3.40. The van der Waals surface area contributed by atoms with Crippen LogP contribution in [0, 0.1) is 0 Å². The number of nitrogens with one attached hydrogen (secondary N) is 1. The van der Waals surface area contributed by atoms with Crippen LogP contribution in [-0.4, -0.2) is 53.1 Å². The van der Waals surface area contributed by atoms with Gasteiger partial charge in [-0.2, -0.15) is 0 Å². The van der Waals surface area contributed by atoms with Crippen LogP contribution in [0.3, 0.4) is 0 Å². The van der Waals surface area contributed by atoms with E-state index in [-0.39, 0.29) is 5.91 Å². The summed E-state index contributed by atoms with van der Waals surface area (Å²) in [5, 5.41) is 2.04. The highest BCUT2D eigenvalue weighted by molar-refractivity contribution is 6.07. The zero-order chi connectivity index (χ0) is 25.4. The number of benzene rings is 2. The summed E-state index contributed by atoms with van der Waals surface area (Å²) in [5.74, 6) is 1.72. The molecular formula is C30H28N4O3. The van der Waals surface area contributed by atoms with Gasteiger partial charge in [0.05, 0.1) is 31.0 Å². The molecule has 1 aliphatic rings. The standard InChI is InChI=1S/C30H28N4O3/c1-36-27-10-9-20(16-28(27)37-2)26-17-23(21-6-3-4-8-25(21)33-26)30(35)34-14-11-19(12-15-34)24-18-32-29-22(24)7-5-13-31-29/h3-10,13,16-19H,11-12,14-15H2,1-2H3,(H,31,32). The van der Waals surface area contributed by atoms with Crippen LogP contribution in [0.5, 0.6) is 11.5 Å². The number of H-pyrrole nitrogens is 1. The number of nitrogens with zero attached hydrogens (tertiary/aromatic N) is 3. The number of carbonyl (C=O) groups excluding carboxylic acids is 1. The van der Waals surface area contributed by atoms with Gasteiger partial charge in [0.25, 0.3) is 5.91 Å². The summed E-state index contributed by atoms with van der Waals surface area (Å²) in [5.41, 5.74) is 5.26. The van der Waals surface area contributed by atoms with Crippen LogP contribution in [0.4, 0.5) is 0 Å². The molecular weight excluding hydrogens is 464 g/mol. The smallest absolute Gasteiger partial charge is 0.254 e. The van der Waals surface area contributed by atoms with E-state index < -0.39 is 0 Å². The first-order valence-corrected chi connectivity index (χ1v) is 12.5. The maximum atomic E-state index is 13.9. The molecule has 1 amide bonds. The molecule has 0 saturated carbocycles. The van der Waals surface area contributed by atoms with Crippen LogP contribution >= 0.6 is 0 Å². The van der Waals surface area contributed by atoms with Gasteiger partial charge in [0, 0.05) is 41.8 Å². The number of aromatic nitrogens is 3. The molecule has 5 aromatic rings. The number of rotatable bonds is 5. The Bertz CT molecular complexity index is 1600. The predicted octanol–water partition coefficient (Wildman–Crippen LogP) is 5.82. The van der Waals surface area contributed by atoms with E-state index in [2.05, 4.69) is 22.2 Å². The third kappa shape index (κ3) is 4.16. The molecule has 3 aromatic heterocycles. The molecule has 4 heterocycles. The summed E-state index contributed by atoms with van der Waals surface area (Å²) >= 11 is 0. The van der Waals surface area contributed by atoms with E-state index in [0.717, 1.165) is 40.6 Å². The lowest BCUT2D eigenvalue weighted by Gasteiger charge is -2.32. The number of carbonyl (C=O) groups is 1. The number of ether oxygens (including phenoxy) is 2.